The zero-order valence-corrected chi connectivity index (χ0v) is 8.64. The molecule has 0 aliphatic rings. The smallest absolute Gasteiger partial charge is 0.165 e. The molecule has 0 aliphatic carbocycles. The topological polar surface area (TPSA) is 37.3 Å². The predicted molar refractivity (Wildman–Crippen MR) is 51.3 cm³/mol. The molecule has 0 saturated carbocycles. The van der Waals surface area contributed by atoms with Crippen LogP contribution in [0, 0.1) is 17.5 Å². The van der Waals surface area contributed by atoms with Crippen molar-refractivity contribution in [1.82, 2.24) is 0 Å². The molecule has 1 rings (SSSR count). The van der Waals surface area contributed by atoms with Crippen LogP contribution in [0.15, 0.2) is 12.1 Å². The minimum atomic E-state index is -1.30. The van der Waals surface area contributed by atoms with E-state index in [9.17, 15) is 18.0 Å². The van der Waals surface area contributed by atoms with Gasteiger partial charge in [0.1, 0.15) is 11.9 Å². The zero-order valence-electron chi connectivity index (χ0n) is 8.64. The zero-order chi connectivity index (χ0) is 12.3. The first kappa shape index (κ1) is 12.7. The molecular weight excluding hydrogens is 221 g/mol. The van der Waals surface area contributed by atoms with E-state index in [1.807, 2.05) is 0 Å². The summed E-state index contributed by atoms with van der Waals surface area (Å²) in [6.07, 6.45) is -1.45. The van der Waals surface area contributed by atoms with Gasteiger partial charge < -0.3 is 5.11 Å². The number of rotatable bonds is 4. The number of aliphatic hydroxyl groups is 1. The molecule has 1 N–H and O–H groups in total. The fraction of sp³-hybridized carbons (Fsp3) is 0.364. The summed E-state index contributed by atoms with van der Waals surface area (Å²) in [7, 11) is 0. The third-order valence-electron chi connectivity index (χ3n) is 2.21. The Hall–Kier alpha value is -1.36. The molecule has 1 aromatic rings. The van der Waals surface area contributed by atoms with E-state index in [1.165, 1.54) is 0 Å². The van der Waals surface area contributed by atoms with E-state index in [1.54, 1.807) is 6.92 Å². The highest BCUT2D eigenvalue weighted by Gasteiger charge is 2.17. The molecule has 0 saturated heterocycles. The number of hydrogen-bond donors (Lipinski definition) is 1. The number of aliphatic hydroxyl groups excluding tert-OH is 1. The average Bonchev–Trinajstić information content (AvgIpc) is 2.24. The van der Waals surface area contributed by atoms with E-state index in [0.717, 1.165) is 0 Å². The maximum atomic E-state index is 13.1. The Morgan fingerprint density at radius 3 is 2.38 bits per heavy atom. The summed E-state index contributed by atoms with van der Waals surface area (Å²) in [4.78, 5) is 11.3. The number of carbonyl (C=O) groups is 1. The fourth-order valence-electron chi connectivity index (χ4n) is 1.23. The van der Waals surface area contributed by atoms with Crippen LogP contribution in [0.1, 0.15) is 18.9 Å². The van der Waals surface area contributed by atoms with Gasteiger partial charge in [-0.15, -0.1) is 0 Å². The Kier molecular flexibility index (Phi) is 4.06. The number of carbonyl (C=O) groups excluding carboxylic acids is 1. The number of hydrogen-bond acceptors (Lipinski definition) is 2. The Morgan fingerprint density at radius 2 is 1.81 bits per heavy atom. The van der Waals surface area contributed by atoms with E-state index >= 15 is 0 Å². The molecule has 0 amide bonds. The maximum Gasteiger partial charge on any atom is 0.165 e. The lowest BCUT2D eigenvalue weighted by molar-refractivity contribution is -0.126. The average molecular weight is 232 g/mol. The van der Waals surface area contributed by atoms with E-state index in [-0.39, 0.29) is 12.0 Å². The van der Waals surface area contributed by atoms with Crippen LogP contribution in [0.25, 0.3) is 0 Å². The molecule has 0 heterocycles. The molecule has 0 bridgehead atoms. The molecule has 0 radical (unpaired) electrons. The second-order valence-corrected chi connectivity index (χ2v) is 3.42. The summed E-state index contributed by atoms with van der Waals surface area (Å²) < 4.78 is 38.5. The molecule has 0 unspecified atom stereocenters. The molecule has 88 valence electrons. The molecule has 0 aromatic heterocycles. The van der Waals surface area contributed by atoms with Crippen LogP contribution in [0.3, 0.4) is 0 Å². The van der Waals surface area contributed by atoms with Gasteiger partial charge in [0.15, 0.2) is 17.4 Å². The number of halogens is 3. The van der Waals surface area contributed by atoms with Crippen molar-refractivity contribution in [3.05, 3.63) is 35.1 Å². The van der Waals surface area contributed by atoms with Crippen LogP contribution in [0.5, 0.6) is 0 Å². The monoisotopic (exact) mass is 232 g/mol. The van der Waals surface area contributed by atoms with Crippen molar-refractivity contribution < 1.29 is 23.1 Å². The van der Waals surface area contributed by atoms with Crippen molar-refractivity contribution in [3.63, 3.8) is 0 Å². The lowest BCUT2D eigenvalue weighted by Crippen LogP contribution is -2.21. The van der Waals surface area contributed by atoms with Gasteiger partial charge in [-0.05, 0) is 18.1 Å². The molecule has 2 nitrogen and oxygen atoms in total. The second kappa shape index (κ2) is 5.12. The Morgan fingerprint density at radius 1 is 1.25 bits per heavy atom. The maximum absolute atomic E-state index is 13.1. The van der Waals surface area contributed by atoms with Crippen LogP contribution in [0.4, 0.5) is 13.2 Å². The van der Waals surface area contributed by atoms with Gasteiger partial charge in [0.05, 0.1) is 0 Å². The standard InChI is InChI=1S/C11H11F3O2/c1-2-10(15)11(16)4-6-3-8(13)9(14)5-7(6)12/h3,5,10,15H,2,4H2,1H3/t10-/m0/s1. The van der Waals surface area contributed by atoms with Gasteiger partial charge in [0.2, 0.25) is 0 Å². The first-order chi connectivity index (χ1) is 7.45. The first-order valence-corrected chi connectivity index (χ1v) is 4.80. The van der Waals surface area contributed by atoms with Crippen molar-refractivity contribution >= 4 is 5.78 Å². The Bertz CT molecular complexity index is 404. The minimum absolute atomic E-state index is 0.199. The van der Waals surface area contributed by atoms with E-state index in [2.05, 4.69) is 0 Å². The van der Waals surface area contributed by atoms with Gasteiger partial charge in [-0.25, -0.2) is 13.2 Å². The number of benzene rings is 1. The molecule has 0 spiro atoms. The minimum Gasteiger partial charge on any atom is -0.385 e. The summed E-state index contributed by atoms with van der Waals surface area (Å²) in [5, 5.41) is 9.16. The highest BCUT2D eigenvalue weighted by atomic mass is 19.2. The van der Waals surface area contributed by atoms with Gasteiger partial charge in [-0.1, -0.05) is 6.92 Å². The van der Waals surface area contributed by atoms with Crippen molar-refractivity contribution in [1.29, 1.82) is 0 Å². The molecule has 1 atom stereocenters. The largest absolute Gasteiger partial charge is 0.385 e. The van der Waals surface area contributed by atoms with Crippen LogP contribution in [0.2, 0.25) is 0 Å². The molecule has 5 heteroatoms. The predicted octanol–water partition coefficient (Wildman–Crippen LogP) is 1.99. The van der Waals surface area contributed by atoms with Crippen molar-refractivity contribution in [3.8, 4) is 0 Å². The summed E-state index contributed by atoms with van der Waals surface area (Å²) in [5.74, 6) is -4.12. The van der Waals surface area contributed by atoms with Gasteiger partial charge >= 0.3 is 0 Å². The van der Waals surface area contributed by atoms with Gasteiger partial charge in [0.25, 0.3) is 0 Å². The van der Waals surface area contributed by atoms with E-state index in [4.69, 9.17) is 5.11 Å². The van der Waals surface area contributed by atoms with E-state index < -0.39 is 35.8 Å². The van der Waals surface area contributed by atoms with Crippen molar-refractivity contribution in [2.75, 3.05) is 0 Å². The summed E-state index contributed by atoms with van der Waals surface area (Å²) in [6, 6.07) is 1.02. The van der Waals surface area contributed by atoms with Crippen LogP contribution in [-0.4, -0.2) is 17.0 Å². The van der Waals surface area contributed by atoms with E-state index in [0.29, 0.717) is 12.1 Å². The quantitative estimate of drug-likeness (QED) is 0.806. The lowest BCUT2D eigenvalue weighted by Gasteiger charge is -2.07. The summed E-state index contributed by atoms with van der Waals surface area (Å²) in [6.45, 7) is 1.59. The SMILES string of the molecule is CC[C@H](O)C(=O)Cc1cc(F)c(F)cc1F. The first-order valence-electron chi connectivity index (χ1n) is 4.80. The number of ketones is 1. The lowest BCUT2D eigenvalue weighted by atomic mass is 10.0. The third kappa shape index (κ3) is 2.82. The second-order valence-electron chi connectivity index (χ2n) is 3.42. The Labute approximate surface area is 90.7 Å². The van der Waals surface area contributed by atoms with Crippen LogP contribution >= 0.6 is 0 Å². The van der Waals surface area contributed by atoms with Crippen LogP contribution in [-0.2, 0) is 11.2 Å². The summed E-state index contributed by atoms with van der Waals surface area (Å²) >= 11 is 0. The van der Waals surface area contributed by atoms with Crippen LogP contribution < -0.4 is 0 Å². The fourth-order valence-corrected chi connectivity index (χ4v) is 1.23. The summed E-state index contributed by atoms with van der Waals surface area (Å²) in [5.41, 5.74) is -0.253. The Balaban J connectivity index is 2.90. The van der Waals surface area contributed by atoms with Gasteiger partial charge in [0, 0.05) is 12.5 Å². The van der Waals surface area contributed by atoms with Crippen molar-refractivity contribution in [2.45, 2.75) is 25.9 Å². The highest BCUT2D eigenvalue weighted by molar-refractivity contribution is 5.84. The third-order valence-corrected chi connectivity index (χ3v) is 2.21. The molecule has 1 aromatic carbocycles. The highest BCUT2D eigenvalue weighted by Crippen LogP contribution is 2.15. The molecule has 0 aliphatic heterocycles. The number of Topliss-reactive ketones (excluding diaryl/α,β-unsaturated/α-hetero) is 1. The molecular formula is C11H11F3O2. The van der Waals surface area contributed by atoms with Crippen molar-refractivity contribution in [2.24, 2.45) is 0 Å². The van der Waals surface area contributed by atoms with Gasteiger partial charge in [-0.3, -0.25) is 4.79 Å². The normalized spacial score (nSPS) is 12.6. The molecule has 16 heavy (non-hydrogen) atoms. The molecule has 0 fully saturated rings. The van der Waals surface area contributed by atoms with Gasteiger partial charge in [-0.2, -0.15) is 0 Å².